The van der Waals surface area contributed by atoms with Crippen molar-refractivity contribution in [3.8, 4) is 5.75 Å². The molecule has 29 heavy (non-hydrogen) atoms. The van der Waals surface area contributed by atoms with Crippen molar-refractivity contribution >= 4 is 11.6 Å². The molecule has 0 aliphatic carbocycles. The number of anilines is 1. The van der Waals surface area contributed by atoms with Gasteiger partial charge in [-0.2, -0.15) is 0 Å². The van der Waals surface area contributed by atoms with Gasteiger partial charge < -0.3 is 19.7 Å². The number of nitrogens with zero attached hydrogens (tertiary/aromatic N) is 2. The number of carbonyl (C=O) groups excluding carboxylic acids is 1. The first-order chi connectivity index (χ1) is 14.2. The van der Waals surface area contributed by atoms with Gasteiger partial charge in [-0.05, 0) is 36.4 Å². The second kappa shape index (κ2) is 11.6. The van der Waals surface area contributed by atoms with Crippen LogP contribution in [0, 0.1) is 0 Å². The zero-order chi connectivity index (χ0) is 20.3. The monoisotopic (exact) mass is 397 g/mol. The van der Waals surface area contributed by atoms with E-state index in [0.29, 0.717) is 13.2 Å². The Kier molecular flexibility index (Phi) is 8.49. The Morgan fingerprint density at radius 2 is 1.62 bits per heavy atom. The summed E-state index contributed by atoms with van der Waals surface area (Å²) in [6.45, 7) is 9.60. The molecule has 0 saturated carbocycles. The van der Waals surface area contributed by atoms with Gasteiger partial charge in [0.15, 0.2) is 0 Å². The van der Waals surface area contributed by atoms with Crippen molar-refractivity contribution < 1.29 is 14.3 Å². The molecule has 3 rings (SSSR count). The average Bonchev–Trinajstić information content (AvgIpc) is 2.76. The molecule has 156 valence electrons. The number of benzene rings is 2. The lowest BCUT2D eigenvalue weighted by Crippen LogP contribution is -2.45. The van der Waals surface area contributed by atoms with Gasteiger partial charge in [0.25, 0.3) is 0 Å². The predicted molar refractivity (Wildman–Crippen MR) is 115 cm³/mol. The minimum Gasteiger partial charge on any atom is -0.491 e. The zero-order valence-electron chi connectivity index (χ0n) is 17.2. The lowest BCUT2D eigenvalue weighted by molar-refractivity contribution is -0.120. The Hall–Kier alpha value is -2.41. The highest BCUT2D eigenvalue weighted by atomic mass is 16.5. The lowest BCUT2D eigenvalue weighted by Gasteiger charge is -2.34. The van der Waals surface area contributed by atoms with Crippen molar-refractivity contribution in [3.63, 3.8) is 0 Å². The molecule has 1 aliphatic rings. The second-order valence-electron chi connectivity index (χ2n) is 7.17. The van der Waals surface area contributed by atoms with Crippen LogP contribution in [0.25, 0.3) is 0 Å². The van der Waals surface area contributed by atoms with Crippen LogP contribution in [0.15, 0.2) is 54.6 Å². The molecule has 1 amide bonds. The summed E-state index contributed by atoms with van der Waals surface area (Å²) in [6.07, 6.45) is 0. The van der Waals surface area contributed by atoms with E-state index < -0.39 is 0 Å². The molecular formula is C23H31N3O3. The topological polar surface area (TPSA) is 54.0 Å². The maximum absolute atomic E-state index is 12.0. The van der Waals surface area contributed by atoms with Gasteiger partial charge in [-0.3, -0.25) is 9.69 Å². The molecule has 1 fully saturated rings. The third kappa shape index (κ3) is 7.49. The van der Waals surface area contributed by atoms with Crippen LogP contribution in [-0.2, 0) is 16.1 Å². The van der Waals surface area contributed by atoms with E-state index in [2.05, 4.69) is 34.2 Å². The van der Waals surface area contributed by atoms with Crippen molar-refractivity contribution in [1.82, 2.24) is 9.80 Å². The van der Waals surface area contributed by atoms with Gasteiger partial charge in [0.05, 0.1) is 6.61 Å². The summed E-state index contributed by atoms with van der Waals surface area (Å²) in [4.78, 5) is 17.0. The molecule has 2 aromatic carbocycles. The van der Waals surface area contributed by atoms with Crippen LogP contribution in [-0.4, -0.2) is 68.3 Å². The average molecular weight is 398 g/mol. The van der Waals surface area contributed by atoms with Crippen LogP contribution < -0.4 is 10.1 Å². The Labute approximate surface area is 173 Å². The third-order valence-corrected chi connectivity index (χ3v) is 5.03. The number of hydrogen-bond donors (Lipinski definition) is 1. The largest absolute Gasteiger partial charge is 0.491 e. The van der Waals surface area contributed by atoms with Gasteiger partial charge >= 0.3 is 0 Å². The van der Waals surface area contributed by atoms with Crippen molar-refractivity contribution in [2.24, 2.45) is 0 Å². The SMILES string of the molecule is CCN1CCN(Cc2ccc(NC(=O)COCCOc3ccccc3)cc2)CC1. The molecule has 1 aliphatic heterocycles. The normalized spacial score (nSPS) is 15.2. The molecule has 0 unspecified atom stereocenters. The molecule has 1 heterocycles. The summed E-state index contributed by atoms with van der Waals surface area (Å²) in [7, 11) is 0. The number of piperazine rings is 1. The number of nitrogens with one attached hydrogen (secondary N) is 1. The fourth-order valence-corrected chi connectivity index (χ4v) is 3.31. The molecule has 2 aromatic rings. The smallest absolute Gasteiger partial charge is 0.250 e. The van der Waals surface area contributed by atoms with Gasteiger partial charge in [0.2, 0.25) is 5.91 Å². The summed E-state index contributed by atoms with van der Waals surface area (Å²) in [5, 5.41) is 2.87. The van der Waals surface area contributed by atoms with E-state index in [9.17, 15) is 4.79 Å². The number of hydrogen-bond acceptors (Lipinski definition) is 5. The molecule has 0 aromatic heterocycles. The van der Waals surface area contributed by atoms with E-state index in [4.69, 9.17) is 9.47 Å². The minimum absolute atomic E-state index is 0.0155. The number of rotatable bonds is 10. The van der Waals surface area contributed by atoms with Gasteiger partial charge in [0, 0.05) is 38.4 Å². The predicted octanol–water partition coefficient (Wildman–Crippen LogP) is 2.86. The van der Waals surface area contributed by atoms with Gasteiger partial charge in [-0.25, -0.2) is 0 Å². The molecule has 0 spiro atoms. The minimum atomic E-state index is -0.159. The van der Waals surface area contributed by atoms with Crippen LogP contribution in [0.2, 0.25) is 0 Å². The number of ether oxygens (including phenoxy) is 2. The maximum Gasteiger partial charge on any atom is 0.250 e. The van der Waals surface area contributed by atoms with E-state index in [0.717, 1.165) is 50.7 Å². The summed E-state index contributed by atoms with van der Waals surface area (Å²) >= 11 is 0. The van der Waals surface area contributed by atoms with Gasteiger partial charge in [0.1, 0.15) is 19.0 Å². The summed E-state index contributed by atoms with van der Waals surface area (Å²) in [6, 6.07) is 17.6. The van der Waals surface area contributed by atoms with Crippen LogP contribution >= 0.6 is 0 Å². The van der Waals surface area contributed by atoms with Crippen molar-refractivity contribution in [1.29, 1.82) is 0 Å². The van der Waals surface area contributed by atoms with Crippen molar-refractivity contribution in [2.45, 2.75) is 13.5 Å². The van der Waals surface area contributed by atoms with Gasteiger partial charge in [-0.1, -0.05) is 37.3 Å². The highest BCUT2D eigenvalue weighted by Gasteiger charge is 2.15. The first kappa shape index (κ1) is 21.3. The molecule has 0 radical (unpaired) electrons. The Bertz CT molecular complexity index is 729. The van der Waals surface area contributed by atoms with E-state index in [1.165, 1.54) is 5.56 Å². The number of para-hydroxylation sites is 1. The Morgan fingerprint density at radius 1 is 0.931 bits per heavy atom. The first-order valence-electron chi connectivity index (χ1n) is 10.3. The van der Waals surface area contributed by atoms with Crippen LogP contribution in [0.5, 0.6) is 5.75 Å². The van der Waals surface area contributed by atoms with E-state index in [1.54, 1.807) is 0 Å². The van der Waals surface area contributed by atoms with Crippen molar-refractivity contribution in [2.75, 3.05) is 57.9 Å². The molecule has 1 saturated heterocycles. The van der Waals surface area contributed by atoms with Crippen LogP contribution in [0.1, 0.15) is 12.5 Å². The Morgan fingerprint density at radius 3 is 2.31 bits per heavy atom. The number of carbonyl (C=O) groups is 1. The van der Waals surface area contributed by atoms with E-state index >= 15 is 0 Å². The highest BCUT2D eigenvalue weighted by Crippen LogP contribution is 2.13. The molecule has 6 heteroatoms. The first-order valence-corrected chi connectivity index (χ1v) is 10.3. The number of amides is 1. The quantitative estimate of drug-likeness (QED) is 0.625. The summed E-state index contributed by atoms with van der Waals surface area (Å²) < 4.78 is 10.9. The van der Waals surface area contributed by atoms with E-state index in [-0.39, 0.29) is 12.5 Å². The third-order valence-electron chi connectivity index (χ3n) is 5.03. The fourth-order valence-electron chi connectivity index (χ4n) is 3.31. The van der Waals surface area contributed by atoms with Crippen LogP contribution in [0.4, 0.5) is 5.69 Å². The lowest BCUT2D eigenvalue weighted by atomic mass is 10.1. The number of likely N-dealkylation sites (N-methyl/N-ethyl adjacent to an activating group) is 1. The summed E-state index contributed by atoms with van der Waals surface area (Å²) in [5.41, 5.74) is 2.06. The van der Waals surface area contributed by atoms with E-state index in [1.807, 2.05) is 42.5 Å². The Balaban J connectivity index is 1.31. The molecule has 1 N–H and O–H groups in total. The molecule has 0 atom stereocenters. The molecular weight excluding hydrogens is 366 g/mol. The zero-order valence-corrected chi connectivity index (χ0v) is 17.2. The molecule has 6 nitrogen and oxygen atoms in total. The van der Waals surface area contributed by atoms with Gasteiger partial charge in [-0.15, -0.1) is 0 Å². The van der Waals surface area contributed by atoms with Crippen molar-refractivity contribution in [3.05, 3.63) is 60.2 Å². The summed E-state index contributed by atoms with van der Waals surface area (Å²) in [5.74, 6) is 0.640. The molecule has 0 bridgehead atoms. The fraction of sp³-hybridized carbons (Fsp3) is 0.435. The second-order valence-corrected chi connectivity index (χ2v) is 7.17. The van der Waals surface area contributed by atoms with Crippen LogP contribution in [0.3, 0.4) is 0 Å². The standard InChI is InChI=1S/C23H31N3O3/c1-2-25-12-14-26(15-13-25)18-20-8-10-21(11-9-20)24-23(27)19-28-16-17-29-22-6-4-3-5-7-22/h3-11H,2,12-19H2,1H3,(H,24,27). The highest BCUT2D eigenvalue weighted by molar-refractivity contribution is 5.91. The maximum atomic E-state index is 12.0.